The summed E-state index contributed by atoms with van der Waals surface area (Å²) in [6.45, 7) is 6.20. The molecule has 0 aromatic carbocycles. The topological polar surface area (TPSA) is 64.5 Å². The summed E-state index contributed by atoms with van der Waals surface area (Å²) in [5.41, 5.74) is -0.177. The fourth-order valence-corrected chi connectivity index (χ4v) is 1.17. The smallest absolute Gasteiger partial charge is 0.0923 e. The van der Waals surface area contributed by atoms with Crippen LogP contribution in [0.5, 0.6) is 0 Å². The van der Waals surface area contributed by atoms with E-state index < -0.39 is 0 Å². The highest BCUT2D eigenvalue weighted by Crippen LogP contribution is 2.23. The molecule has 4 heteroatoms. The Morgan fingerprint density at radius 3 is 1.55 bits per heavy atom. The van der Waals surface area contributed by atoms with Gasteiger partial charge in [0.05, 0.1) is 5.60 Å². The minimum absolute atomic E-state index is 0.177. The highest BCUT2D eigenvalue weighted by Gasteiger charge is 2.26. The second-order valence-electron chi connectivity index (χ2n) is 2.69. The van der Waals surface area contributed by atoms with Gasteiger partial charge in [0.2, 0.25) is 0 Å². The highest BCUT2D eigenvalue weighted by atomic mass is 16.7. The summed E-state index contributed by atoms with van der Waals surface area (Å²) < 4.78 is 0. The molecule has 0 saturated carbocycles. The molecular weight excluding hydrogens is 142 g/mol. The molecule has 0 atom stereocenters. The third kappa shape index (κ3) is 3.16. The SMILES string of the molecule is CCC(CC)(CC)ON(N)N. The van der Waals surface area contributed by atoms with E-state index in [1.54, 1.807) is 0 Å². The van der Waals surface area contributed by atoms with Crippen molar-refractivity contribution in [1.82, 2.24) is 5.28 Å². The van der Waals surface area contributed by atoms with Gasteiger partial charge in [-0.2, -0.15) is 0 Å². The quantitative estimate of drug-likeness (QED) is 0.465. The minimum Gasteiger partial charge on any atom is -0.264 e. The molecule has 4 nitrogen and oxygen atoms in total. The minimum atomic E-state index is -0.177. The molecule has 0 rings (SSSR count). The molecule has 0 fully saturated rings. The predicted molar refractivity (Wildman–Crippen MR) is 44.9 cm³/mol. The summed E-state index contributed by atoms with van der Waals surface area (Å²) in [6.07, 6.45) is 2.76. The van der Waals surface area contributed by atoms with E-state index in [2.05, 4.69) is 20.8 Å². The summed E-state index contributed by atoms with van der Waals surface area (Å²) in [7, 11) is 0. The van der Waals surface area contributed by atoms with E-state index in [1.807, 2.05) is 0 Å². The van der Waals surface area contributed by atoms with E-state index in [0.29, 0.717) is 0 Å². The van der Waals surface area contributed by atoms with Crippen molar-refractivity contribution in [2.45, 2.75) is 45.6 Å². The van der Waals surface area contributed by atoms with Crippen molar-refractivity contribution in [2.24, 2.45) is 11.7 Å². The normalized spacial score (nSPS) is 12.5. The van der Waals surface area contributed by atoms with Crippen LogP contribution < -0.4 is 11.7 Å². The average Bonchev–Trinajstić information content (AvgIpc) is 2.00. The van der Waals surface area contributed by atoms with Crippen LogP contribution in [0, 0.1) is 0 Å². The van der Waals surface area contributed by atoms with Gasteiger partial charge >= 0.3 is 0 Å². The molecule has 0 aromatic rings. The van der Waals surface area contributed by atoms with Crippen LogP contribution in [-0.4, -0.2) is 10.9 Å². The highest BCUT2D eigenvalue weighted by molar-refractivity contribution is 4.74. The van der Waals surface area contributed by atoms with Crippen LogP contribution in [0.3, 0.4) is 0 Å². The first-order valence-corrected chi connectivity index (χ1v) is 4.09. The molecule has 0 radical (unpaired) electrons. The van der Waals surface area contributed by atoms with E-state index in [1.165, 1.54) is 0 Å². The Morgan fingerprint density at radius 1 is 1.09 bits per heavy atom. The molecule has 0 heterocycles. The van der Waals surface area contributed by atoms with Crippen LogP contribution in [0.25, 0.3) is 0 Å². The maximum absolute atomic E-state index is 5.27. The van der Waals surface area contributed by atoms with Crippen LogP contribution in [-0.2, 0) is 4.84 Å². The van der Waals surface area contributed by atoms with E-state index >= 15 is 0 Å². The molecule has 0 aromatic heterocycles. The largest absolute Gasteiger partial charge is 0.264 e. The summed E-state index contributed by atoms with van der Waals surface area (Å²) in [5, 5.41) is 0.802. The van der Waals surface area contributed by atoms with Gasteiger partial charge in [-0.1, -0.05) is 26.1 Å². The lowest BCUT2D eigenvalue weighted by molar-refractivity contribution is -0.257. The maximum Gasteiger partial charge on any atom is 0.0923 e. The molecule has 0 aliphatic rings. The van der Waals surface area contributed by atoms with Crippen LogP contribution in [0.2, 0.25) is 0 Å². The zero-order valence-corrected chi connectivity index (χ0v) is 7.63. The lowest BCUT2D eigenvalue weighted by atomic mass is 9.94. The maximum atomic E-state index is 5.27. The van der Waals surface area contributed by atoms with Crippen molar-refractivity contribution in [3.05, 3.63) is 0 Å². The number of rotatable bonds is 5. The van der Waals surface area contributed by atoms with Gasteiger partial charge in [-0.15, -0.1) is 0 Å². The van der Waals surface area contributed by atoms with Crippen molar-refractivity contribution >= 4 is 0 Å². The molecule has 0 aliphatic carbocycles. The number of hydrogen-bond donors (Lipinski definition) is 2. The number of hydrazine groups is 2. The second-order valence-corrected chi connectivity index (χ2v) is 2.69. The van der Waals surface area contributed by atoms with Crippen molar-refractivity contribution in [2.75, 3.05) is 0 Å². The molecule has 0 unspecified atom stereocenters. The third-order valence-electron chi connectivity index (χ3n) is 2.23. The molecule has 0 amide bonds. The summed E-state index contributed by atoms with van der Waals surface area (Å²) >= 11 is 0. The molecule has 68 valence electrons. The Kier molecular flexibility index (Phi) is 4.60. The zero-order valence-electron chi connectivity index (χ0n) is 7.63. The Labute approximate surface area is 68.4 Å². The van der Waals surface area contributed by atoms with Gasteiger partial charge in [0.1, 0.15) is 0 Å². The van der Waals surface area contributed by atoms with Gasteiger partial charge in [-0.05, 0) is 19.3 Å². The standard InChI is InChI=1S/C7H19N3O/c1-4-7(5-2,6-3)11-10(8)9/h4-6,8-9H2,1-3H3. The molecule has 0 aliphatic heterocycles. The van der Waals surface area contributed by atoms with Gasteiger partial charge in [-0.3, -0.25) is 4.84 Å². The van der Waals surface area contributed by atoms with Gasteiger partial charge in [0, 0.05) is 0 Å². The summed E-state index contributed by atoms with van der Waals surface area (Å²) in [5.74, 6) is 10.4. The van der Waals surface area contributed by atoms with Crippen molar-refractivity contribution < 1.29 is 4.84 Å². The molecule has 4 N–H and O–H groups in total. The summed E-state index contributed by atoms with van der Waals surface area (Å²) in [6, 6.07) is 0. The predicted octanol–water partition coefficient (Wildman–Crippen LogP) is 0.936. The third-order valence-corrected chi connectivity index (χ3v) is 2.23. The van der Waals surface area contributed by atoms with Crippen molar-refractivity contribution in [3.8, 4) is 0 Å². The van der Waals surface area contributed by atoms with Crippen LogP contribution in [0.1, 0.15) is 40.0 Å². The van der Waals surface area contributed by atoms with Crippen LogP contribution in [0.4, 0.5) is 0 Å². The first kappa shape index (κ1) is 10.8. The number of hydrogen-bond acceptors (Lipinski definition) is 4. The second kappa shape index (κ2) is 4.66. The monoisotopic (exact) mass is 161 g/mol. The Balaban J connectivity index is 4.05. The molecule has 11 heavy (non-hydrogen) atoms. The lowest BCUT2D eigenvalue weighted by Crippen LogP contribution is -2.47. The number of nitrogens with zero attached hydrogens (tertiary/aromatic N) is 1. The van der Waals surface area contributed by atoms with Gasteiger partial charge in [-0.25, -0.2) is 11.7 Å². The first-order valence-electron chi connectivity index (χ1n) is 4.09. The van der Waals surface area contributed by atoms with Crippen LogP contribution >= 0.6 is 0 Å². The van der Waals surface area contributed by atoms with Gasteiger partial charge in [0.15, 0.2) is 0 Å². The Hall–Kier alpha value is -0.160. The number of nitrogens with two attached hydrogens (primary N) is 2. The van der Waals surface area contributed by atoms with Crippen molar-refractivity contribution in [3.63, 3.8) is 0 Å². The zero-order chi connectivity index (χ0) is 8.91. The van der Waals surface area contributed by atoms with E-state index in [-0.39, 0.29) is 5.60 Å². The average molecular weight is 161 g/mol. The van der Waals surface area contributed by atoms with Gasteiger partial charge in [0.25, 0.3) is 0 Å². The van der Waals surface area contributed by atoms with Crippen LogP contribution in [0.15, 0.2) is 0 Å². The molecule has 0 spiro atoms. The molecule has 0 bridgehead atoms. The van der Waals surface area contributed by atoms with E-state index in [4.69, 9.17) is 16.5 Å². The fraction of sp³-hybridized carbons (Fsp3) is 1.00. The van der Waals surface area contributed by atoms with E-state index in [9.17, 15) is 0 Å². The molecule has 0 saturated heterocycles. The Bertz CT molecular complexity index is 93.6. The van der Waals surface area contributed by atoms with E-state index in [0.717, 1.165) is 24.5 Å². The lowest BCUT2D eigenvalue weighted by Gasteiger charge is -2.31. The van der Waals surface area contributed by atoms with Gasteiger partial charge < -0.3 is 0 Å². The van der Waals surface area contributed by atoms with Crippen molar-refractivity contribution in [1.29, 1.82) is 0 Å². The summed E-state index contributed by atoms with van der Waals surface area (Å²) in [4.78, 5) is 5.27. The fourth-order valence-electron chi connectivity index (χ4n) is 1.17. The molecular formula is C7H19N3O. The Morgan fingerprint density at radius 2 is 1.45 bits per heavy atom. The first-order chi connectivity index (χ1) is 5.10.